The Morgan fingerprint density at radius 3 is 1.11 bits per heavy atom. The maximum Gasteiger partial charge on any atom is 0.333 e. The summed E-state index contributed by atoms with van der Waals surface area (Å²) in [5, 5.41) is 33.4. The van der Waals surface area contributed by atoms with Gasteiger partial charge in [-0.15, -0.1) is 0 Å². The van der Waals surface area contributed by atoms with Gasteiger partial charge in [-0.3, -0.25) is 42.5 Å². The van der Waals surface area contributed by atoms with Crippen molar-refractivity contribution in [1.29, 1.82) is 0 Å². The molecule has 17 unspecified atom stereocenters. The molecule has 8 bridgehead atoms. The van der Waals surface area contributed by atoms with Crippen molar-refractivity contribution in [1.82, 2.24) is 42.5 Å². The second-order valence-corrected chi connectivity index (χ2v) is 16.9. The Morgan fingerprint density at radius 1 is 0.457 bits per heavy atom. The number of hydrogen-bond donors (Lipinski definition) is 8. The fourth-order valence-corrected chi connectivity index (χ4v) is 12.4. The molecule has 5 saturated heterocycles. The smallest absolute Gasteiger partial charge is 0.333 e. The predicted octanol–water partition coefficient (Wildman–Crippen LogP) is 2.70. The number of ether oxygens (including phenoxy) is 1. The molecule has 0 aromatic carbocycles. The third-order valence-electron chi connectivity index (χ3n) is 14.4. The molecule has 5 aliphatic heterocycles. The van der Waals surface area contributed by atoms with E-state index >= 15 is 0 Å². The second kappa shape index (κ2) is 12.7. The van der Waals surface area contributed by atoms with Gasteiger partial charge in [0.15, 0.2) is 0 Å². The standard InChI is InChI=1S/C36H60N8O2/c1-18(2)36(45)46-26-17-9-16-25-27(26)35-43-33-24-15-8-7-14-23(24)31(41-33)39-29-20-11-4-3-10-19(20)28(37-29)38-30-21-12-5-6-13-22(21)32(40-30)42-34(25)44-35/h19-35,37-44H,1,3-17H2,2H3. The highest BCUT2D eigenvalue weighted by Crippen LogP contribution is 2.46. The summed E-state index contributed by atoms with van der Waals surface area (Å²) in [6.45, 7) is 5.68. The predicted molar refractivity (Wildman–Crippen MR) is 177 cm³/mol. The molecule has 17 atom stereocenters. The summed E-state index contributed by atoms with van der Waals surface area (Å²) in [5.74, 6) is 4.27. The molecular formula is C36H60N8O2. The minimum absolute atomic E-state index is 0.0756. The van der Waals surface area contributed by atoms with E-state index in [0.29, 0.717) is 71.7 Å². The zero-order chi connectivity index (χ0) is 30.9. The van der Waals surface area contributed by atoms with Crippen molar-refractivity contribution in [3.8, 4) is 0 Å². The quantitative estimate of drug-likeness (QED) is 0.170. The second-order valence-electron chi connectivity index (χ2n) is 16.9. The van der Waals surface area contributed by atoms with Gasteiger partial charge in [0, 0.05) is 11.5 Å². The van der Waals surface area contributed by atoms with Crippen LogP contribution in [0.25, 0.3) is 0 Å². The molecule has 256 valence electrons. The van der Waals surface area contributed by atoms with Gasteiger partial charge in [0.25, 0.3) is 0 Å². The maximum atomic E-state index is 12.9. The molecule has 0 aromatic heterocycles. The molecule has 0 spiro atoms. The van der Waals surface area contributed by atoms with Crippen LogP contribution in [0, 0.1) is 47.3 Å². The lowest BCUT2D eigenvalue weighted by atomic mass is 9.75. The fourth-order valence-electron chi connectivity index (χ4n) is 12.4. The lowest BCUT2D eigenvalue weighted by Crippen LogP contribution is -2.62. The van der Waals surface area contributed by atoms with Crippen LogP contribution in [-0.4, -0.2) is 61.4 Å². The van der Waals surface area contributed by atoms with Crippen LogP contribution in [-0.2, 0) is 9.53 Å². The van der Waals surface area contributed by atoms with Gasteiger partial charge in [0.2, 0.25) is 0 Å². The zero-order valence-electron chi connectivity index (χ0n) is 27.9. The van der Waals surface area contributed by atoms with Gasteiger partial charge in [-0.2, -0.15) is 0 Å². The first-order valence-electron chi connectivity index (χ1n) is 19.5. The van der Waals surface area contributed by atoms with Crippen molar-refractivity contribution in [2.45, 2.75) is 159 Å². The van der Waals surface area contributed by atoms with E-state index < -0.39 is 0 Å². The average Bonchev–Trinajstić information content (AvgIpc) is 3.81. The highest BCUT2D eigenvalue weighted by Gasteiger charge is 2.56. The van der Waals surface area contributed by atoms with Gasteiger partial charge in [-0.25, -0.2) is 4.79 Å². The topological polar surface area (TPSA) is 123 Å². The van der Waals surface area contributed by atoms with Crippen molar-refractivity contribution < 1.29 is 9.53 Å². The summed E-state index contributed by atoms with van der Waals surface area (Å²) in [7, 11) is 0. The van der Waals surface area contributed by atoms with Crippen LogP contribution >= 0.6 is 0 Å². The van der Waals surface area contributed by atoms with Gasteiger partial charge in [-0.05, 0) is 106 Å². The minimum atomic E-state index is -0.241. The Labute approximate surface area is 275 Å². The monoisotopic (exact) mass is 636 g/mol. The van der Waals surface area contributed by atoms with E-state index in [2.05, 4.69) is 49.1 Å². The van der Waals surface area contributed by atoms with Crippen LogP contribution in [0.1, 0.15) is 103 Å². The molecule has 10 heteroatoms. The van der Waals surface area contributed by atoms with Crippen LogP contribution in [0.5, 0.6) is 0 Å². The molecule has 0 radical (unpaired) electrons. The Morgan fingerprint density at radius 2 is 0.761 bits per heavy atom. The van der Waals surface area contributed by atoms with Crippen molar-refractivity contribution in [3.05, 3.63) is 12.2 Å². The molecule has 46 heavy (non-hydrogen) atoms. The van der Waals surface area contributed by atoms with E-state index in [0.717, 1.165) is 19.3 Å². The van der Waals surface area contributed by atoms with E-state index in [1.165, 1.54) is 77.0 Å². The summed E-state index contributed by atoms with van der Waals surface area (Å²) >= 11 is 0. The van der Waals surface area contributed by atoms with Crippen LogP contribution in [0.3, 0.4) is 0 Å². The molecule has 5 heterocycles. The first-order chi connectivity index (χ1) is 22.5. The van der Waals surface area contributed by atoms with Crippen molar-refractivity contribution >= 4 is 5.97 Å². The first kappa shape index (κ1) is 30.9. The molecule has 4 saturated carbocycles. The summed E-state index contributed by atoms with van der Waals surface area (Å²) in [6, 6.07) is 0. The van der Waals surface area contributed by atoms with Crippen LogP contribution in [0.15, 0.2) is 12.2 Å². The number of carbonyl (C=O) groups excluding carboxylic acids is 1. The summed E-state index contributed by atoms with van der Waals surface area (Å²) in [6.07, 6.45) is 21.0. The highest BCUT2D eigenvalue weighted by molar-refractivity contribution is 5.87. The highest BCUT2D eigenvalue weighted by atomic mass is 16.5. The third kappa shape index (κ3) is 5.42. The molecular weight excluding hydrogens is 576 g/mol. The Balaban J connectivity index is 1.06. The molecule has 8 N–H and O–H groups in total. The number of fused-ring (bicyclic) bond motifs is 20. The average molecular weight is 637 g/mol. The minimum Gasteiger partial charge on any atom is -0.459 e. The molecule has 0 amide bonds. The van der Waals surface area contributed by atoms with Crippen LogP contribution in [0.4, 0.5) is 0 Å². The Bertz CT molecular complexity index is 1150. The molecule has 9 rings (SSSR count). The van der Waals surface area contributed by atoms with Gasteiger partial charge in [0.1, 0.15) is 6.10 Å². The van der Waals surface area contributed by atoms with E-state index in [1.54, 1.807) is 6.92 Å². The summed E-state index contributed by atoms with van der Waals surface area (Å²) in [5.41, 5.74) is 0.495. The third-order valence-corrected chi connectivity index (χ3v) is 14.4. The number of hydrogen-bond acceptors (Lipinski definition) is 10. The molecule has 10 nitrogen and oxygen atoms in total. The van der Waals surface area contributed by atoms with Crippen LogP contribution < -0.4 is 42.5 Å². The number of nitrogens with one attached hydrogen (secondary N) is 8. The lowest BCUT2D eigenvalue weighted by molar-refractivity contribution is -0.150. The van der Waals surface area contributed by atoms with E-state index in [9.17, 15) is 4.79 Å². The first-order valence-corrected chi connectivity index (χ1v) is 19.5. The zero-order valence-corrected chi connectivity index (χ0v) is 27.9. The normalized spacial score (nSPS) is 53.0. The maximum absolute atomic E-state index is 12.9. The van der Waals surface area contributed by atoms with Crippen molar-refractivity contribution in [3.63, 3.8) is 0 Å². The Kier molecular flexibility index (Phi) is 8.50. The SMILES string of the molecule is C=C(C)C(=O)OC1CCCC2C3NC4NC(NC5NC(NC6NC(NC(N3)C12)C1CCCCC61)C1CCCCC51)C1CCCCC41. The molecule has 9 aliphatic rings. The van der Waals surface area contributed by atoms with E-state index in [-0.39, 0.29) is 42.7 Å². The Hall–Kier alpha value is -1.11. The van der Waals surface area contributed by atoms with E-state index in [1.807, 2.05) is 0 Å². The number of esters is 1. The number of rotatable bonds is 2. The fraction of sp³-hybridized carbons (Fsp3) is 0.917. The lowest BCUT2D eigenvalue weighted by Gasteiger charge is -2.39. The van der Waals surface area contributed by atoms with E-state index in [4.69, 9.17) is 4.74 Å². The largest absolute Gasteiger partial charge is 0.459 e. The van der Waals surface area contributed by atoms with Gasteiger partial charge >= 0.3 is 5.97 Å². The summed E-state index contributed by atoms with van der Waals surface area (Å²) < 4.78 is 6.25. The van der Waals surface area contributed by atoms with Gasteiger partial charge in [-0.1, -0.05) is 45.1 Å². The summed E-state index contributed by atoms with van der Waals surface area (Å²) in [4.78, 5) is 12.9. The van der Waals surface area contributed by atoms with Crippen molar-refractivity contribution in [2.75, 3.05) is 0 Å². The number of carbonyl (C=O) groups is 1. The van der Waals surface area contributed by atoms with Gasteiger partial charge < -0.3 is 4.74 Å². The van der Waals surface area contributed by atoms with Crippen LogP contribution in [0.2, 0.25) is 0 Å². The van der Waals surface area contributed by atoms with Crippen molar-refractivity contribution in [2.24, 2.45) is 47.3 Å². The van der Waals surface area contributed by atoms with Gasteiger partial charge in [0.05, 0.1) is 49.3 Å². The molecule has 4 aliphatic carbocycles. The molecule has 0 aromatic rings. The molecule has 9 fully saturated rings.